The number of carbonyl (C=O) groups excluding carboxylic acids is 2. The van der Waals surface area contributed by atoms with Crippen molar-refractivity contribution < 1.29 is 27.5 Å². The summed E-state index contributed by atoms with van der Waals surface area (Å²) in [6.45, 7) is -1.20. The lowest BCUT2D eigenvalue weighted by atomic mass is 9.98. The molecule has 10 heteroatoms. The molecular weight excluding hydrogens is 506 g/mol. The van der Waals surface area contributed by atoms with Gasteiger partial charge >= 0.3 is 5.97 Å². The number of rotatable bonds is 10. The maximum absolute atomic E-state index is 13.1. The molecule has 1 aliphatic rings. The van der Waals surface area contributed by atoms with E-state index in [4.69, 9.17) is 9.47 Å². The summed E-state index contributed by atoms with van der Waals surface area (Å²) in [5.74, 6) is -0.733. The SMILES string of the molecule is COc1ccc(C2CC(c3ccccc3)=NN2C(=O)COC(=O)CNS(=O)(=O)C=Cc2ccccc2)cc1. The molecule has 196 valence electrons. The highest BCUT2D eigenvalue weighted by Crippen LogP contribution is 2.33. The lowest BCUT2D eigenvalue weighted by Gasteiger charge is -2.22. The number of hydrogen-bond acceptors (Lipinski definition) is 7. The van der Waals surface area contributed by atoms with Gasteiger partial charge < -0.3 is 9.47 Å². The fourth-order valence-electron chi connectivity index (χ4n) is 3.83. The van der Waals surface area contributed by atoms with Crippen molar-refractivity contribution in [1.82, 2.24) is 9.73 Å². The van der Waals surface area contributed by atoms with Gasteiger partial charge in [-0.05, 0) is 34.9 Å². The predicted molar refractivity (Wildman–Crippen MR) is 144 cm³/mol. The molecule has 0 spiro atoms. The van der Waals surface area contributed by atoms with Gasteiger partial charge in [-0.3, -0.25) is 9.59 Å². The number of ether oxygens (including phenoxy) is 2. The number of nitrogens with one attached hydrogen (secondary N) is 1. The first-order chi connectivity index (χ1) is 18.3. The van der Waals surface area contributed by atoms with Crippen molar-refractivity contribution in [2.45, 2.75) is 12.5 Å². The predicted octanol–water partition coefficient (Wildman–Crippen LogP) is 3.51. The summed E-state index contributed by atoms with van der Waals surface area (Å²) in [5, 5.41) is 6.80. The molecule has 3 aromatic rings. The van der Waals surface area contributed by atoms with Crippen LogP contribution in [0.4, 0.5) is 0 Å². The van der Waals surface area contributed by atoms with Crippen molar-refractivity contribution in [3.8, 4) is 5.75 Å². The van der Waals surface area contributed by atoms with Crippen LogP contribution in [0.15, 0.2) is 95.4 Å². The minimum atomic E-state index is -3.88. The van der Waals surface area contributed by atoms with Crippen LogP contribution in [-0.2, 0) is 24.3 Å². The fourth-order valence-corrected chi connectivity index (χ4v) is 4.58. The average molecular weight is 534 g/mol. The summed E-state index contributed by atoms with van der Waals surface area (Å²) in [4.78, 5) is 25.3. The maximum atomic E-state index is 13.1. The van der Waals surface area contributed by atoms with E-state index in [9.17, 15) is 18.0 Å². The van der Waals surface area contributed by atoms with E-state index in [1.54, 1.807) is 43.5 Å². The fraction of sp³-hybridized carbons (Fsp3) is 0.179. The van der Waals surface area contributed by atoms with Gasteiger partial charge in [0.1, 0.15) is 12.3 Å². The quantitative estimate of drug-likeness (QED) is 0.399. The van der Waals surface area contributed by atoms with Crippen LogP contribution < -0.4 is 9.46 Å². The molecule has 0 fully saturated rings. The number of esters is 1. The highest BCUT2D eigenvalue weighted by molar-refractivity contribution is 7.92. The molecule has 38 heavy (non-hydrogen) atoms. The van der Waals surface area contributed by atoms with Crippen LogP contribution in [0.5, 0.6) is 5.75 Å². The van der Waals surface area contributed by atoms with Crippen molar-refractivity contribution in [1.29, 1.82) is 0 Å². The molecule has 3 aromatic carbocycles. The average Bonchev–Trinajstić information content (AvgIpc) is 3.41. The zero-order valence-electron chi connectivity index (χ0n) is 20.7. The third-order valence-corrected chi connectivity index (χ3v) is 6.83. The Morgan fingerprint density at radius 1 is 1.00 bits per heavy atom. The van der Waals surface area contributed by atoms with Gasteiger partial charge in [0.05, 0.1) is 18.9 Å². The lowest BCUT2D eigenvalue weighted by molar-refractivity contribution is -0.151. The lowest BCUT2D eigenvalue weighted by Crippen LogP contribution is -2.34. The van der Waals surface area contributed by atoms with E-state index in [2.05, 4.69) is 9.82 Å². The molecule has 0 aliphatic carbocycles. The summed E-state index contributed by atoms with van der Waals surface area (Å²) < 4.78 is 36.8. The normalized spacial score (nSPS) is 15.3. The van der Waals surface area contributed by atoms with E-state index in [-0.39, 0.29) is 0 Å². The number of methoxy groups -OCH3 is 1. The Hall–Kier alpha value is -4.28. The van der Waals surface area contributed by atoms with Gasteiger partial charge in [0.15, 0.2) is 6.61 Å². The molecule has 1 amide bonds. The summed E-state index contributed by atoms with van der Waals surface area (Å²) in [5.41, 5.74) is 3.15. The third-order valence-electron chi connectivity index (χ3n) is 5.79. The molecule has 0 radical (unpaired) electrons. The summed E-state index contributed by atoms with van der Waals surface area (Å²) >= 11 is 0. The van der Waals surface area contributed by atoms with E-state index < -0.39 is 41.1 Å². The van der Waals surface area contributed by atoms with Crippen molar-refractivity contribution in [2.75, 3.05) is 20.3 Å². The molecule has 0 saturated heterocycles. The summed E-state index contributed by atoms with van der Waals surface area (Å²) in [6, 6.07) is 25.3. The number of benzene rings is 3. The van der Waals surface area contributed by atoms with E-state index in [1.807, 2.05) is 48.5 Å². The first-order valence-corrected chi connectivity index (χ1v) is 13.4. The molecule has 0 bridgehead atoms. The van der Waals surface area contributed by atoms with Gasteiger partial charge in [-0.2, -0.15) is 5.10 Å². The van der Waals surface area contributed by atoms with Gasteiger partial charge in [0.2, 0.25) is 10.0 Å². The minimum Gasteiger partial charge on any atom is -0.497 e. The molecule has 0 saturated carbocycles. The second kappa shape index (κ2) is 12.3. The molecular formula is C28H27N3O6S. The van der Waals surface area contributed by atoms with E-state index in [0.717, 1.165) is 22.2 Å². The molecule has 1 heterocycles. The first kappa shape index (κ1) is 26.8. The molecule has 4 rings (SSSR count). The molecule has 1 N–H and O–H groups in total. The number of hydrazone groups is 1. The number of carbonyl (C=O) groups is 2. The van der Waals surface area contributed by atoms with Crippen LogP contribution in [0.3, 0.4) is 0 Å². The largest absolute Gasteiger partial charge is 0.497 e. The summed E-state index contributed by atoms with van der Waals surface area (Å²) in [7, 11) is -2.30. The highest BCUT2D eigenvalue weighted by Gasteiger charge is 2.33. The molecule has 9 nitrogen and oxygen atoms in total. The standard InChI is InChI=1S/C28H27N3O6S/c1-36-24-14-12-23(13-15-24)26-18-25(22-10-6-3-7-11-22)30-31(26)27(32)20-37-28(33)19-29-38(34,35)17-16-21-8-4-2-5-9-21/h2-17,26,29H,18-20H2,1H3. The molecule has 1 unspecified atom stereocenters. The Bertz CT molecular complexity index is 1420. The van der Waals surface area contributed by atoms with Crippen LogP contribution in [0.1, 0.15) is 29.2 Å². The van der Waals surface area contributed by atoms with Crippen LogP contribution in [-0.4, -0.2) is 51.3 Å². The van der Waals surface area contributed by atoms with Crippen LogP contribution in [0.2, 0.25) is 0 Å². The second-order valence-corrected chi connectivity index (χ2v) is 10.0. The Labute approximate surface area is 221 Å². The Morgan fingerprint density at radius 2 is 1.66 bits per heavy atom. The minimum absolute atomic E-state index is 0.399. The maximum Gasteiger partial charge on any atom is 0.321 e. The van der Waals surface area contributed by atoms with Crippen LogP contribution in [0.25, 0.3) is 6.08 Å². The monoisotopic (exact) mass is 533 g/mol. The number of sulfonamides is 1. The van der Waals surface area contributed by atoms with Crippen molar-refractivity contribution >= 4 is 33.7 Å². The van der Waals surface area contributed by atoms with Gasteiger partial charge in [-0.25, -0.2) is 18.1 Å². The molecule has 1 atom stereocenters. The zero-order valence-corrected chi connectivity index (χ0v) is 21.5. The van der Waals surface area contributed by atoms with E-state index in [0.29, 0.717) is 17.7 Å². The Kier molecular flexibility index (Phi) is 8.67. The number of nitrogens with zero attached hydrogens (tertiary/aromatic N) is 2. The number of hydrogen-bond donors (Lipinski definition) is 1. The Balaban J connectivity index is 1.38. The van der Waals surface area contributed by atoms with Gasteiger partial charge in [-0.1, -0.05) is 72.8 Å². The van der Waals surface area contributed by atoms with Crippen LogP contribution in [0, 0.1) is 0 Å². The second-order valence-electron chi connectivity index (χ2n) is 8.38. The van der Waals surface area contributed by atoms with Crippen molar-refractivity contribution in [2.24, 2.45) is 5.10 Å². The highest BCUT2D eigenvalue weighted by atomic mass is 32.2. The Morgan fingerprint density at radius 3 is 2.32 bits per heavy atom. The summed E-state index contributed by atoms with van der Waals surface area (Å²) in [6.07, 6.45) is 1.88. The van der Waals surface area contributed by atoms with E-state index in [1.165, 1.54) is 11.1 Å². The van der Waals surface area contributed by atoms with E-state index >= 15 is 0 Å². The molecule has 1 aliphatic heterocycles. The molecule has 0 aromatic heterocycles. The first-order valence-electron chi connectivity index (χ1n) is 11.8. The van der Waals surface area contributed by atoms with Gasteiger partial charge in [0.25, 0.3) is 5.91 Å². The van der Waals surface area contributed by atoms with Gasteiger partial charge in [-0.15, -0.1) is 0 Å². The topological polar surface area (TPSA) is 114 Å². The number of amides is 1. The smallest absolute Gasteiger partial charge is 0.321 e. The van der Waals surface area contributed by atoms with Crippen LogP contribution >= 0.6 is 0 Å². The van der Waals surface area contributed by atoms with Crippen molar-refractivity contribution in [3.05, 3.63) is 107 Å². The van der Waals surface area contributed by atoms with Crippen molar-refractivity contribution in [3.63, 3.8) is 0 Å². The third kappa shape index (κ3) is 7.15. The van der Waals surface area contributed by atoms with Gasteiger partial charge in [0, 0.05) is 11.8 Å². The zero-order chi connectivity index (χ0) is 27.0.